The van der Waals surface area contributed by atoms with Crippen LogP contribution in [0, 0.1) is 12.3 Å². The molecule has 9 heteroatoms. The molecule has 1 aromatic carbocycles. The molecule has 2 saturated carbocycles. The molecule has 3 aliphatic rings. The Morgan fingerprint density at radius 3 is 2.52 bits per heavy atom. The number of urea groups is 1. The molecule has 3 amide bonds. The molecule has 0 saturated heterocycles. The zero-order valence-corrected chi connectivity index (χ0v) is 17.5. The number of nitrogens with one attached hydrogen (secondary N) is 1. The van der Waals surface area contributed by atoms with E-state index in [0.29, 0.717) is 30.0 Å². The second kappa shape index (κ2) is 6.27. The lowest BCUT2D eigenvalue weighted by molar-refractivity contribution is -0.0158. The molecule has 0 unspecified atom stereocenters. The maximum absolute atomic E-state index is 13.5. The minimum atomic E-state index is -2.60. The average Bonchev–Trinajstić information content (AvgIpc) is 3.05. The summed E-state index contributed by atoms with van der Waals surface area (Å²) in [6.45, 7) is 4.78. The van der Waals surface area contributed by atoms with Crippen LogP contribution in [0.1, 0.15) is 47.8 Å². The molecule has 0 bridgehead atoms. The van der Waals surface area contributed by atoms with Crippen molar-refractivity contribution in [3.8, 4) is 11.3 Å². The number of nitrogens with zero attached hydrogens (tertiary/aromatic N) is 3. The standard InChI is InChI=1S/C22H25F2N5O2/c1-13-4-3-5-14(8-13)17-16(18(25)30)15-9-28(6-7-29(15)27-17)19(31)26-20(2)10-21(11-20)12-22(21,23)24/h3-5,8H,6-7,9-12H2,1-2H3,(H2,25,30)(H,26,31). The Kier molecular flexibility index (Phi) is 4.04. The SMILES string of the molecule is Cc1cccc(-c2nn3c(c2C(N)=O)CN(C(=O)NC2(C)CC4(C2)CC4(F)F)CC3)c1. The Hall–Kier alpha value is -2.97. The van der Waals surface area contributed by atoms with Gasteiger partial charge < -0.3 is 16.0 Å². The molecule has 0 atom stereocenters. The molecule has 2 aromatic rings. The first kappa shape index (κ1) is 20.0. The Morgan fingerprint density at radius 1 is 1.19 bits per heavy atom. The van der Waals surface area contributed by atoms with Crippen LogP contribution in [0.25, 0.3) is 11.3 Å². The molecule has 7 nitrogen and oxygen atoms in total. The summed E-state index contributed by atoms with van der Waals surface area (Å²) >= 11 is 0. The zero-order chi connectivity index (χ0) is 22.2. The third-order valence-corrected chi connectivity index (χ3v) is 6.88. The quantitative estimate of drug-likeness (QED) is 0.785. The number of carbonyl (C=O) groups excluding carboxylic acids is 2. The number of aryl methyl sites for hydroxylation is 1. The van der Waals surface area contributed by atoms with Crippen LogP contribution in [0.5, 0.6) is 0 Å². The number of fused-ring (bicyclic) bond motifs is 1. The van der Waals surface area contributed by atoms with Gasteiger partial charge in [-0.15, -0.1) is 0 Å². The van der Waals surface area contributed by atoms with Gasteiger partial charge >= 0.3 is 6.03 Å². The van der Waals surface area contributed by atoms with E-state index in [4.69, 9.17) is 5.73 Å². The molecule has 2 aliphatic carbocycles. The van der Waals surface area contributed by atoms with Gasteiger partial charge in [0.05, 0.1) is 24.3 Å². The summed E-state index contributed by atoms with van der Waals surface area (Å²) in [7, 11) is 0. The average molecular weight is 429 g/mol. The number of amides is 3. The van der Waals surface area contributed by atoms with Gasteiger partial charge in [-0.3, -0.25) is 9.48 Å². The summed E-state index contributed by atoms with van der Waals surface area (Å²) in [5.41, 5.74) is 7.39. The maximum atomic E-state index is 13.5. The minimum Gasteiger partial charge on any atom is -0.365 e. The fourth-order valence-electron chi connectivity index (χ4n) is 5.38. The monoisotopic (exact) mass is 429 g/mol. The predicted molar refractivity (Wildman–Crippen MR) is 109 cm³/mol. The van der Waals surface area contributed by atoms with Crippen molar-refractivity contribution in [1.29, 1.82) is 0 Å². The van der Waals surface area contributed by atoms with E-state index >= 15 is 0 Å². The fourth-order valence-corrected chi connectivity index (χ4v) is 5.38. The van der Waals surface area contributed by atoms with E-state index in [9.17, 15) is 18.4 Å². The first-order valence-corrected chi connectivity index (χ1v) is 10.4. The smallest absolute Gasteiger partial charge is 0.318 e. The molecule has 2 fully saturated rings. The van der Waals surface area contributed by atoms with E-state index in [1.54, 1.807) is 9.58 Å². The highest BCUT2D eigenvalue weighted by Crippen LogP contribution is 2.73. The van der Waals surface area contributed by atoms with Crippen LogP contribution in [-0.2, 0) is 13.1 Å². The Morgan fingerprint density at radius 2 is 1.90 bits per heavy atom. The number of nitrogens with two attached hydrogens (primary N) is 1. The van der Waals surface area contributed by atoms with Crippen LogP contribution in [0.2, 0.25) is 0 Å². The van der Waals surface area contributed by atoms with Gasteiger partial charge in [0.15, 0.2) is 0 Å². The summed E-state index contributed by atoms with van der Waals surface area (Å²) in [5.74, 6) is -3.19. The van der Waals surface area contributed by atoms with Crippen molar-refractivity contribution in [2.75, 3.05) is 6.54 Å². The number of primary amides is 1. The van der Waals surface area contributed by atoms with Crippen molar-refractivity contribution in [2.24, 2.45) is 11.1 Å². The molecular weight excluding hydrogens is 404 g/mol. The van der Waals surface area contributed by atoms with E-state index in [-0.39, 0.29) is 31.8 Å². The van der Waals surface area contributed by atoms with E-state index in [0.717, 1.165) is 11.1 Å². The number of halogens is 2. The van der Waals surface area contributed by atoms with Crippen LogP contribution < -0.4 is 11.1 Å². The van der Waals surface area contributed by atoms with E-state index < -0.39 is 22.8 Å². The molecule has 0 radical (unpaired) electrons. The lowest BCUT2D eigenvalue weighted by Gasteiger charge is -2.47. The normalized spacial score (nSPS) is 28.1. The number of alkyl halides is 2. The molecule has 3 N–H and O–H groups in total. The summed E-state index contributed by atoms with van der Waals surface area (Å²) in [4.78, 5) is 26.8. The number of hydrogen-bond donors (Lipinski definition) is 2. The van der Waals surface area contributed by atoms with E-state index in [1.165, 1.54) is 0 Å². The van der Waals surface area contributed by atoms with Crippen molar-refractivity contribution in [2.45, 2.75) is 57.7 Å². The largest absolute Gasteiger partial charge is 0.365 e. The van der Waals surface area contributed by atoms with Gasteiger partial charge in [-0.25, -0.2) is 13.6 Å². The van der Waals surface area contributed by atoms with Crippen LogP contribution in [0.3, 0.4) is 0 Å². The number of aromatic nitrogens is 2. The van der Waals surface area contributed by atoms with Gasteiger partial charge in [0.25, 0.3) is 11.8 Å². The van der Waals surface area contributed by atoms with Gasteiger partial charge in [0, 0.05) is 29.5 Å². The van der Waals surface area contributed by atoms with Crippen LogP contribution in [0.15, 0.2) is 24.3 Å². The lowest BCUT2D eigenvalue weighted by atomic mass is 9.66. The molecule has 31 heavy (non-hydrogen) atoms. The van der Waals surface area contributed by atoms with Gasteiger partial charge in [-0.2, -0.15) is 5.10 Å². The first-order valence-electron chi connectivity index (χ1n) is 10.4. The summed E-state index contributed by atoms with van der Waals surface area (Å²) in [6.07, 6.45) is 0.487. The van der Waals surface area contributed by atoms with E-state index in [2.05, 4.69) is 10.4 Å². The second-order valence-corrected chi connectivity index (χ2v) is 9.55. The third kappa shape index (κ3) is 3.09. The molecule has 1 spiro atoms. The lowest BCUT2D eigenvalue weighted by Crippen LogP contribution is -2.60. The van der Waals surface area contributed by atoms with E-state index in [1.807, 2.05) is 38.1 Å². The topological polar surface area (TPSA) is 93.2 Å². The van der Waals surface area contributed by atoms with Crippen LogP contribution >= 0.6 is 0 Å². The number of rotatable bonds is 3. The number of benzene rings is 1. The third-order valence-electron chi connectivity index (χ3n) is 6.88. The molecule has 1 aliphatic heterocycles. The van der Waals surface area contributed by atoms with Gasteiger partial charge in [0.1, 0.15) is 5.69 Å². The van der Waals surface area contributed by atoms with Gasteiger partial charge in [-0.05, 0) is 32.8 Å². The number of carbonyl (C=O) groups is 2. The van der Waals surface area contributed by atoms with Crippen LogP contribution in [0.4, 0.5) is 13.6 Å². The molecule has 5 rings (SSSR count). The summed E-state index contributed by atoms with van der Waals surface area (Å²) < 4.78 is 28.8. The Bertz CT molecular complexity index is 1100. The second-order valence-electron chi connectivity index (χ2n) is 9.55. The minimum absolute atomic E-state index is 0.0852. The maximum Gasteiger partial charge on any atom is 0.318 e. The van der Waals surface area contributed by atoms with Crippen LogP contribution in [-0.4, -0.2) is 44.6 Å². The van der Waals surface area contributed by atoms with Crippen molar-refractivity contribution in [3.63, 3.8) is 0 Å². The van der Waals surface area contributed by atoms with Crippen molar-refractivity contribution >= 4 is 11.9 Å². The summed E-state index contributed by atoms with van der Waals surface area (Å²) in [5, 5.41) is 7.53. The Labute approximate surface area is 178 Å². The first-order chi connectivity index (χ1) is 14.5. The highest BCUT2D eigenvalue weighted by Gasteiger charge is 2.78. The molecule has 164 valence electrons. The predicted octanol–water partition coefficient (Wildman–Crippen LogP) is 3.06. The summed E-state index contributed by atoms with van der Waals surface area (Å²) in [6, 6.07) is 7.34. The zero-order valence-electron chi connectivity index (χ0n) is 17.5. The highest BCUT2D eigenvalue weighted by molar-refractivity contribution is 6.00. The van der Waals surface area contributed by atoms with Crippen molar-refractivity contribution < 1.29 is 18.4 Å². The Balaban J connectivity index is 1.35. The highest BCUT2D eigenvalue weighted by atomic mass is 19.3. The molecule has 1 aromatic heterocycles. The molecule has 2 heterocycles. The molecular formula is C22H25F2N5O2. The van der Waals surface area contributed by atoms with Gasteiger partial charge in [0.2, 0.25) is 0 Å². The van der Waals surface area contributed by atoms with Crippen molar-refractivity contribution in [3.05, 3.63) is 41.1 Å². The number of hydrogen-bond acceptors (Lipinski definition) is 3. The fraction of sp³-hybridized carbons (Fsp3) is 0.500. The van der Waals surface area contributed by atoms with Crippen molar-refractivity contribution in [1.82, 2.24) is 20.0 Å². The van der Waals surface area contributed by atoms with Gasteiger partial charge in [-0.1, -0.05) is 23.8 Å².